The van der Waals surface area contributed by atoms with Gasteiger partial charge in [0.1, 0.15) is 24.1 Å². The Morgan fingerprint density at radius 1 is 1.13 bits per heavy atom. The van der Waals surface area contributed by atoms with E-state index in [1.165, 1.54) is 24.2 Å². The van der Waals surface area contributed by atoms with Crippen LogP contribution in [0.4, 0.5) is 0 Å². The summed E-state index contributed by atoms with van der Waals surface area (Å²) in [6, 6.07) is 9.54. The van der Waals surface area contributed by atoms with Crippen LogP contribution in [-0.4, -0.2) is 46.2 Å². The lowest BCUT2D eigenvalue weighted by Crippen LogP contribution is -2.49. The number of nitrogens with two attached hydrogens (primary N) is 1. The quantitative estimate of drug-likeness (QED) is 0.239. The van der Waals surface area contributed by atoms with E-state index in [0.29, 0.717) is 12.2 Å². The molecule has 0 fully saturated rings. The number of nitrogens with zero attached hydrogens (tertiary/aromatic N) is 1. The number of thioether (sulfide) groups is 1. The second-order valence-corrected chi connectivity index (χ2v) is 11.1. The summed E-state index contributed by atoms with van der Waals surface area (Å²) in [5.41, 5.74) is 6.64. The van der Waals surface area contributed by atoms with Crippen molar-refractivity contribution in [1.82, 2.24) is 15.6 Å². The fourth-order valence-corrected chi connectivity index (χ4v) is 4.63. The summed E-state index contributed by atoms with van der Waals surface area (Å²) in [6.07, 6.45) is 3.82. The van der Waals surface area contributed by atoms with Crippen molar-refractivity contribution >= 4 is 29.5 Å². The van der Waals surface area contributed by atoms with Gasteiger partial charge < -0.3 is 30.3 Å². The molecule has 3 amide bonds. The highest BCUT2D eigenvalue weighted by Crippen LogP contribution is 2.24. The molecule has 1 aromatic carbocycles. The van der Waals surface area contributed by atoms with Crippen LogP contribution in [0.15, 0.2) is 57.8 Å². The molecule has 3 rings (SSSR count). The number of aliphatic hydroxyl groups excluding tert-OH is 1. The summed E-state index contributed by atoms with van der Waals surface area (Å²) in [4.78, 5) is 42.0. The molecule has 11 heteroatoms. The van der Waals surface area contributed by atoms with E-state index < -0.39 is 36.4 Å². The molecule has 0 saturated carbocycles. The standard InChI is InChI=1S/C27H34N4O6S/c1-27(2,3)13-19(29-24(34)18-9-11-36-15-18)25(35)30-20(14-32)26-31-22(23(28)33)21(37-26)16-38-12-10-17-7-5-4-6-8-17/h4-9,11,15,19-20,32H,10,12-14,16H2,1-3H3,(H2,28,33)(H,29,34)(H,30,35)/t19-,20-/m0/s1. The number of nitrogens with one attached hydrogen (secondary N) is 2. The van der Waals surface area contributed by atoms with Crippen LogP contribution in [0.25, 0.3) is 0 Å². The Kier molecular flexibility index (Phi) is 10.1. The van der Waals surface area contributed by atoms with Crippen molar-refractivity contribution in [2.75, 3.05) is 12.4 Å². The van der Waals surface area contributed by atoms with Gasteiger partial charge in [-0.15, -0.1) is 0 Å². The molecule has 0 spiro atoms. The van der Waals surface area contributed by atoms with Gasteiger partial charge in [0.05, 0.1) is 24.2 Å². The molecule has 2 heterocycles. The summed E-state index contributed by atoms with van der Waals surface area (Å²) in [7, 11) is 0. The topological polar surface area (TPSA) is 161 Å². The van der Waals surface area contributed by atoms with Crippen LogP contribution >= 0.6 is 11.8 Å². The fourth-order valence-electron chi connectivity index (χ4n) is 3.72. The van der Waals surface area contributed by atoms with E-state index in [0.717, 1.165) is 12.2 Å². The molecule has 0 aliphatic carbocycles. The monoisotopic (exact) mass is 542 g/mol. The molecule has 0 aliphatic heterocycles. The second kappa shape index (κ2) is 13.3. The molecule has 38 heavy (non-hydrogen) atoms. The molecule has 5 N–H and O–H groups in total. The molecule has 3 aromatic rings. The number of amides is 3. The number of hydrogen-bond donors (Lipinski definition) is 4. The van der Waals surface area contributed by atoms with E-state index in [9.17, 15) is 19.5 Å². The Morgan fingerprint density at radius 2 is 1.87 bits per heavy atom. The predicted octanol–water partition coefficient (Wildman–Crippen LogP) is 3.23. The van der Waals surface area contributed by atoms with Crippen molar-refractivity contribution in [3.63, 3.8) is 0 Å². The minimum Gasteiger partial charge on any atom is -0.472 e. The van der Waals surface area contributed by atoms with Crippen molar-refractivity contribution in [3.8, 4) is 0 Å². The van der Waals surface area contributed by atoms with E-state index in [2.05, 4.69) is 15.6 Å². The van der Waals surface area contributed by atoms with Gasteiger partial charge in [-0.25, -0.2) is 4.98 Å². The first-order valence-electron chi connectivity index (χ1n) is 12.2. The van der Waals surface area contributed by atoms with Gasteiger partial charge in [-0.05, 0) is 35.6 Å². The Bertz CT molecular complexity index is 1200. The third-order valence-electron chi connectivity index (χ3n) is 5.58. The third kappa shape index (κ3) is 8.49. The number of aryl methyl sites for hydroxylation is 1. The number of aliphatic hydroxyl groups is 1. The Hall–Kier alpha value is -3.57. The van der Waals surface area contributed by atoms with Crippen LogP contribution < -0.4 is 16.4 Å². The summed E-state index contributed by atoms with van der Waals surface area (Å²) in [5, 5.41) is 15.4. The van der Waals surface area contributed by atoms with Crippen LogP contribution in [-0.2, 0) is 17.0 Å². The number of hydrogen-bond acceptors (Lipinski definition) is 8. The maximum absolute atomic E-state index is 13.2. The van der Waals surface area contributed by atoms with E-state index in [-0.39, 0.29) is 28.3 Å². The van der Waals surface area contributed by atoms with Crippen LogP contribution in [0.1, 0.15) is 71.3 Å². The highest BCUT2D eigenvalue weighted by molar-refractivity contribution is 7.98. The van der Waals surface area contributed by atoms with Gasteiger partial charge in [0.2, 0.25) is 11.8 Å². The lowest BCUT2D eigenvalue weighted by atomic mass is 9.87. The van der Waals surface area contributed by atoms with Gasteiger partial charge in [-0.3, -0.25) is 14.4 Å². The minimum absolute atomic E-state index is 0.0380. The van der Waals surface area contributed by atoms with Gasteiger partial charge in [-0.1, -0.05) is 51.1 Å². The lowest BCUT2D eigenvalue weighted by molar-refractivity contribution is -0.125. The molecule has 2 aromatic heterocycles. The van der Waals surface area contributed by atoms with Crippen LogP contribution in [0.3, 0.4) is 0 Å². The van der Waals surface area contributed by atoms with Crippen molar-refractivity contribution in [3.05, 3.63) is 77.4 Å². The SMILES string of the molecule is CC(C)(C)C[C@H](NC(=O)c1ccoc1)C(=O)N[C@@H](CO)c1nc(C(N)=O)c(CSCCc2ccccc2)o1. The van der Waals surface area contributed by atoms with Gasteiger partial charge in [0, 0.05) is 0 Å². The van der Waals surface area contributed by atoms with Crippen LogP contribution in [0.5, 0.6) is 0 Å². The smallest absolute Gasteiger partial charge is 0.271 e. The Morgan fingerprint density at radius 3 is 2.47 bits per heavy atom. The summed E-state index contributed by atoms with van der Waals surface area (Å²) < 4.78 is 10.7. The summed E-state index contributed by atoms with van der Waals surface area (Å²) in [6.45, 7) is 5.28. The van der Waals surface area contributed by atoms with Crippen molar-refractivity contribution in [1.29, 1.82) is 0 Å². The number of oxazole rings is 1. The Labute approximate surface area is 225 Å². The number of furan rings is 1. The lowest BCUT2D eigenvalue weighted by Gasteiger charge is -2.27. The van der Waals surface area contributed by atoms with Gasteiger partial charge in [0.15, 0.2) is 5.69 Å². The highest BCUT2D eigenvalue weighted by Gasteiger charge is 2.31. The van der Waals surface area contributed by atoms with Crippen molar-refractivity contribution in [2.24, 2.45) is 11.1 Å². The molecule has 10 nitrogen and oxygen atoms in total. The second-order valence-electron chi connectivity index (χ2n) is 10.0. The van der Waals surface area contributed by atoms with Crippen LogP contribution in [0, 0.1) is 5.41 Å². The summed E-state index contributed by atoms with van der Waals surface area (Å²) in [5.74, 6) is -0.401. The summed E-state index contributed by atoms with van der Waals surface area (Å²) >= 11 is 1.55. The molecule has 0 saturated heterocycles. The molecule has 2 atom stereocenters. The number of benzene rings is 1. The normalized spacial score (nSPS) is 13.1. The van der Waals surface area contributed by atoms with E-state index in [1.807, 2.05) is 51.1 Å². The average molecular weight is 543 g/mol. The largest absolute Gasteiger partial charge is 0.472 e. The van der Waals surface area contributed by atoms with Crippen molar-refractivity contribution in [2.45, 2.75) is 51.4 Å². The number of carbonyl (C=O) groups excluding carboxylic acids is 3. The number of aromatic nitrogens is 1. The molecular formula is C27H34N4O6S. The van der Waals surface area contributed by atoms with E-state index >= 15 is 0 Å². The molecule has 204 valence electrons. The molecule has 0 aliphatic rings. The van der Waals surface area contributed by atoms with Crippen molar-refractivity contribution < 1.29 is 28.3 Å². The number of primary amides is 1. The zero-order valence-corrected chi connectivity index (χ0v) is 22.5. The first kappa shape index (κ1) is 29.0. The number of carbonyl (C=O) groups is 3. The van der Waals surface area contributed by atoms with Crippen LogP contribution in [0.2, 0.25) is 0 Å². The van der Waals surface area contributed by atoms with Gasteiger partial charge >= 0.3 is 0 Å². The molecule has 0 radical (unpaired) electrons. The molecule has 0 unspecified atom stereocenters. The third-order valence-corrected chi connectivity index (χ3v) is 6.54. The van der Waals surface area contributed by atoms with Gasteiger partial charge in [-0.2, -0.15) is 11.8 Å². The first-order chi connectivity index (χ1) is 18.1. The van der Waals surface area contributed by atoms with E-state index in [1.54, 1.807) is 11.8 Å². The number of rotatable bonds is 13. The zero-order valence-electron chi connectivity index (χ0n) is 21.7. The molecular weight excluding hydrogens is 508 g/mol. The Balaban J connectivity index is 1.69. The predicted molar refractivity (Wildman–Crippen MR) is 143 cm³/mol. The first-order valence-corrected chi connectivity index (χ1v) is 13.4. The highest BCUT2D eigenvalue weighted by atomic mass is 32.2. The fraction of sp³-hybridized carbons (Fsp3) is 0.407. The van der Waals surface area contributed by atoms with E-state index in [4.69, 9.17) is 14.6 Å². The maximum Gasteiger partial charge on any atom is 0.271 e. The van der Waals surface area contributed by atoms with Gasteiger partial charge in [0.25, 0.3) is 11.8 Å². The molecule has 0 bridgehead atoms. The maximum atomic E-state index is 13.2. The zero-order chi connectivity index (χ0) is 27.7. The minimum atomic E-state index is -1.04. The average Bonchev–Trinajstić information content (AvgIpc) is 3.55.